The highest BCUT2D eigenvalue weighted by Crippen LogP contribution is 2.48. The van der Waals surface area contributed by atoms with Crippen LogP contribution in [0.25, 0.3) is 0 Å². The van der Waals surface area contributed by atoms with E-state index in [0.717, 1.165) is 13.2 Å². The molecule has 1 saturated carbocycles. The third kappa shape index (κ3) is 2.74. The van der Waals surface area contributed by atoms with Gasteiger partial charge in [-0.1, -0.05) is 12.5 Å². The van der Waals surface area contributed by atoms with Crippen LogP contribution in [0.3, 0.4) is 0 Å². The van der Waals surface area contributed by atoms with E-state index < -0.39 is 0 Å². The third-order valence-corrected chi connectivity index (χ3v) is 6.22. The zero-order valence-corrected chi connectivity index (χ0v) is 14.7. The molecule has 4 heteroatoms. The maximum absolute atomic E-state index is 5.61. The van der Waals surface area contributed by atoms with Gasteiger partial charge in [0.05, 0.1) is 25.1 Å². The average Bonchev–Trinajstić information content (AvgIpc) is 2.94. The second-order valence-corrected chi connectivity index (χ2v) is 6.97. The fraction of sp³-hybridized carbons (Fsp3) is 0.733. The first kappa shape index (κ1) is 15.7. The number of likely N-dealkylation sites (N-methyl/N-ethyl adjacent to an activating group) is 1. The van der Waals surface area contributed by atoms with Crippen LogP contribution in [-0.4, -0.2) is 37.8 Å². The highest BCUT2D eigenvalue weighted by Gasteiger charge is 2.51. The topological polar surface area (TPSA) is 9.23 Å². The number of quaternary nitrogens is 1. The van der Waals surface area contributed by atoms with E-state index in [9.17, 15) is 0 Å². The van der Waals surface area contributed by atoms with E-state index in [4.69, 9.17) is 4.74 Å². The fourth-order valence-corrected chi connectivity index (χ4v) is 5.01. The molecule has 19 heavy (non-hydrogen) atoms. The summed E-state index contributed by atoms with van der Waals surface area (Å²) in [5.41, 5.74) is 0.385. The van der Waals surface area contributed by atoms with Crippen molar-refractivity contribution in [3.05, 3.63) is 22.4 Å². The van der Waals surface area contributed by atoms with Crippen LogP contribution < -0.4 is 24.0 Å². The lowest BCUT2D eigenvalue weighted by Gasteiger charge is -2.54. The number of thiophene rings is 1. The molecule has 2 nitrogen and oxygen atoms in total. The molecular weight excluding hydrogens is 369 g/mol. The lowest BCUT2D eigenvalue weighted by Crippen LogP contribution is -3.00. The lowest BCUT2D eigenvalue weighted by atomic mass is 9.77. The van der Waals surface area contributed by atoms with Crippen molar-refractivity contribution in [1.82, 2.24) is 0 Å². The van der Waals surface area contributed by atoms with Gasteiger partial charge in [0, 0.05) is 12.8 Å². The molecule has 0 bridgehead atoms. The number of hydrogen-bond acceptors (Lipinski definition) is 2. The number of morpholine rings is 1. The molecule has 0 N–H and O–H groups in total. The summed E-state index contributed by atoms with van der Waals surface area (Å²) in [7, 11) is 2.47. The summed E-state index contributed by atoms with van der Waals surface area (Å²) in [4.78, 5) is 1.62. The summed E-state index contributed by atoms with van der Waals surface area (Å²) in [5, 5.41) is 2.25. The Morgan fingerprint density at radius 2 is 1.84 bits per heavy atom. The van der Waals surface area contributed by atoms with Crippen molar-refractivity contribution >= 4 is 11.3 Å². The maximum Gasteiger partial charge on any atom is 0.134 e. The summed E-state index contributed by atoms with van der Waals surface area (Å²) < 4.78 is 6.81. The number of halogens is 1. The molecule has 1 aromatic heterocycles. The van der Waals surface area contributed by atoms with Gasteiger partial charge in [0.1, 0.15) is 18.6 Å². The summed E-state index contributed by atoms with van der Waals surface area (Å²) in [6, 6.07) is 4.60. The van der Waals surface area contributed by atoms with Gasteiger partial charge in [-0.05, 0) is 24.3 Å². The molecule has 2 heterocycles. The molecule has 108 valence electrons. The standard InChI is InChI=1S/C15H24NOS.HI/c1-16(9-11-17-12-10-16)15(7-3-2-4-8-15)14-6-5-13-18-14;/h5-6,13H,2-4,7-12H2,1H3;1H/q+1;/p-1. The van der Waals surface area contributed by atoms with Gasteiger partial charge in [0.25, 0.3) is 0 Å². The van der Waals surface area contributed by atoms with Crippen molar-refractivity contribution in [2.75, 3.05) is 33.4 Å². The third-order valence-electron chi connectivity index (χ3n) is 5.15. The predicted octanol–water partition coefficient (Wildman–Crippen LogP) is 0.388. The number of ether oxygens (including phenoxy) is 1. The number of nitrogens with zero attached hydrogens (tertiary/aromatic N) is 1. The SMILES string of the molecule is C[N+]1(C2(c3cccs3)CCCCC2)CCOCC1.[I-]. The molecule has 1 aliphatic heterocycles. The van der Waals surface area contributed by atoms with E-state index in [0.29, 0.717) is 5.54 Å². The largest absolute Gasteiger partial charge is 1.00 e. The second kappa shape index (κ2) is 6.41. The Bertz CT molecular complexity index is 381. The highest BCUT2D eigenvalue weighted by atomic mass is 127. The Morgan fingerprint density at radius 1 is 1.16 bits per heavy atom. The first-order valence-electron chi connectivity index (χ1n) is 7.23. The quantitative estimate of drug-likeness (QED) is 0.522. The molecule has 0 amide bonds. The van der Waals surface area contributed by atoms with Gasteiger partial charge < -0.3 is 33.2 Å². The lowest BCUT2D eigenvalue weighted by molar-refractivity contribution is -0.974. The minimum atomic E-state index is 0. The van der Waals surface area contributed by atoms with Crippen molar-refractivity contribution < 1.29 is 33.2 Å². The Balaban J connectivity index is 0.00000133. The first-order chi connectivity index (χ1) is 8.77. The molecule has 0 atom stereocenters. The van der Waals surface area contributed by atoms with Crippen LogP contribution in [0.4, 0.5) is 0 Å². The summed E-state index contributed by atoms with van der Waals surface area (Å²) in [5.74, 6) is 0. The molecule has 1 aliphatic carbocycles. The molecule has 0 aromatic carbocycles. The Kier molecular flexibility index (Phi) is 5.31. The van der Waals surface area contributed by atoms with Gasteiger partial charge in [0.15, 0.2) is 0 Å². The van der Waals surface area contributed by atoms with Crippen molar-refractivity contribution in [3.8, 4) is 0 Å². The zero-order chi connectivity index (χ0) is 12.5. The molecule has 0 unspecified atom stereocenters. The Hall–Kier alpha value is 0.350. The monoisotopic (exact) mass is 393 g/mol. The molecule has 1 saturated heterocycles. The summed E-state index contributed by atoms with van der Waals surface area (Å²) in [6.07, 6.45) is 6.94. The molecule has 2 fully saturated rings. The number of rotatable bonds is 2. The molecule has 1 aromatic rings. The van der Waals surface area contributed by atoms with Crippen molar-refractivity contribution in [2.24, 2.45) is 0 Å². The van der Waals surface area contributed by atoms with Crippen LogP contribution in [0.5, 0.6) is 0 Å². The van der Waals surface area contributed by atoms with Gasteiger partial charge in [-0.2, -0.15) is 0 Å². The maximum atomic E-state index is 5.61. The predicted molar refractivity (Wildman–Crippen MR) is 75.8 cm³/mol. The van der Waals surface area contributed by atoms with Crippen molar-refractivity contribution in [3.63, 3.8) is 0 Å². The molecule has 2 aliphatic rings. The number of hydrogen-bond donors (Lipinski definition) is 0. The van der Waals surface area contributed by atoms with Crippen molar-refractivity contribution in [1.29, 1.82) is 0 Å². The molecule has 3 rings (SSSR count). The van der Waals surface area contributed by atoms with Gasteiger partial charge in [0.2, 0.25) is 0 Å². The van der Waals surface area contributed by atoms with Crippen LogP contribution in [0, 0.1) is 0 Å². The van der Waals surface area contributed by atoms with Crippen LogP contribution in [0.15, 0.2) is 17.5 Å². The van der Waals surface area contributed by atoms with E-state index in [1.54, 1.807) is 4.88 Å². The molecule has 0 spiro atoms. The smallest absolute Gasteiger partial charge is 0.134 e. The van der Waals surface area contributed by atoms with Gasteiger partial charge in [-0.15, -0.1) is 11.3 Å². The van der Waals surface area contributed by atoms with E-state index in [-0.39, 0.29) is 24.0 Å². The second-order valence-electron chi connectivity index (χ2n) is 6.03. The normalized spacial score (nSPS) is 25.5. The van der Waals surface area contributed by atoms with Crippen molar-refractivity contribution in [2.45, 2.75) is 37.6 Å². The van der Waals surface area contributed by atoms with Gasteiger partial charge in [-0.25, -0.2) is 0 Å². The average molecular weight is 393 g/mol. The Morgan fingerprint density at radius 3 is 2.42 bits per heavy atom. The van der Waals surface area contributed by atoms with Crippen LogP contribution in [0.1, 0.15) is 37.0 Å². The minimum Gasteiger partial charge on any atom is -1.00 e. The Labute approximate surface area is 137 Å². The van der Waals surface area contributed by atoms with E-state index in [1.807, 2.05) is 11.3 Å². The van der Waals surface area contributed by atoms with Crippen LogP contribution in [0.2, 0.25) is 0 Å². The van der Waals surface area contributed by atoms with Crippen LogP contribution in [-0.2, 0) is 10.3 Å². The van der Waals surface area contributed by atoms with Crippen LogP contribution >= 0.6 is 11.3 Å². The fourth-order valence-electron chi connectivity index (χ4n) is 3.91. The van der Waals surface area contributed by atoms with Gasteiger partial charge in [-0.3, -0.25) is 0 Å². The van der Waals surface area contributed by atoms with Gasteiger partial charge >= 0.3 is 0 Å². The first-order valence-corrected chi connectivity index (χ1v) is 8.11. The van der Waals surface area contributed by atoms with E-state index in [1.165, 1.54) is 49.7 Å². The minimum absolute atomic E-state index is 0. The molecular formula is C15H24INOS. The highest BCUT2D eigenvalue weighted by molar-refractivity contribution is 7.10. The van der Waals surface area contributed by atoms with E-state index >= 15 is 0 Å². The zero-order valence-electron chi connectivity index (χ0n) is 11.7. The molecule has 0 radical (unpaired) electrons. The van der Waals surface area contributed by atoms with E-state index in [2.05, 4.69) is 24.6 Å². The summed E-state index contributed by atoms with van der Waals surface area (Å²) in [6.45, 7) is 4.23. The summed E-state index contributed by atoms with van der Waals surface area (Å²) >= 11 is 1.96.